The first-order valence-corrected chi connectivity index (χ1v) is 7.00. The van der Waals surface area contributed by atoms with E-state index in [1.807, 2.05) is 25.1 Å². The van der Waals surface area contributed by atoms with Crippen LogP contribution in [0.2, 0.25) is 0 Å². The Morgan fingerprint density at radius 3 is 2.44 bits per heavy atom. The van der Waals surface area contributed by atoms with E-state index in [2.05, 4.69) is 6.92 Å². The van der Waals surface area contributed by atoms with Crippen LogP contribution in [0.25, 0.3) is 0 Å². The number of carbonyl (C=O) groups is 1. The van der Waals surface area contributed by atoms with Crippen molar-refractivity contribution in [2.24, 2.45) is 0 Å². The highest BCUT2D eigenvalue weighted by Gasteiger charge is 2.10. The molecule has 18 heavy (non-hydrogen) atoms. The molecule has 0 saturated carbocycles. The van der Waals surface area contributed by atoms with Crippen LogP contribution in [0.5, 0.6) is 0 Å². The lowest BCUT2D eigenvalue weighted by Crippen LogP contribution is -2.14. The fourth-order valence-electron chi connectivity index (χ4n) is 1.92. The highest BCUT2D eigenvalue weighted by atomic mass is 16.5. The van der Waals surface area contributed by atoms with E-state index in [1.54, 1.807) is 12.1 Å². The Morgan fingerprint density at radius 1 is 1.11 bits per heavy atom. The largest absolute Gasteiger partial charge is 0.459 e. The molecular formula is C16H24O2. The molecule has 0 heterocycles. The lowest BCUT2D eigenvalue weighted by Gasteiger charge is -2.13. The van der Waals surface area contributed by atoms with Gasteiger partial charge in [0.25, 0.3) is 0 Å². The van der Waals surface area contributed by atoms with Gasteiger partial charge in [-0.15, -0.1) is 0 Å². The van der Waals surface area contributed by atoms with Crippen LogP contribution in [0.4, 0.5) is 0 Å². The molecule has 0 bridgehead atoms. The van der Waals surface area contributed by atoms with Gasteiger partial charge in [0.15, 0.2) is 0 Å². The Labute approximate surface area is 110 Å². The van der Waals surface area contributed by atoms with Crippen LogP contribution in [-0.4, -0.2) is 12.1 Å². The summed E-state index contributed by atoms with van der Waals surface area (Å²) in [6, 6.07) is 9.18. The van der Waals surface area contributed by atoms with Gasteiger partial charge in [-0.1, -0.05) is 50.8 Å². The molecule has 0 aromatic heterocycles. The molecule has 100 valence electrons. The molecule has 0 aliphatic heterocycles. The Kier molecular flexibility index (Phi) is 7.16. The molecular weight excluding hydrogens is 224 g/mol. The third-order valence-corrected chi connectivity index (χ3v) is 3.03. The van der Waals surface area contributed by atoms with E-state index in [0.717, 1.165) is 12.8 Å². The number of unbranched alkanes of at least 4 members (excludes halogenated alkanes) is 4. The molecule has 0 fully saturated rings. The Morgan fingerprint density at radius 2 is 1.78 bits per heavy atom. The second-order valence-electron chi connectivity index (χ2n) is 4.78. The molecule has 1 rings (SSSR count). The summed E-state index contributed by atoms with van der Waals surface area (Å²) >= 11 is 0. The van der Waals surface area contributed by atoms with Gasteiger partial charge in [0.05, 0.1) is 11.7 Å². The predicted molar refractivity (Wildman–Crippen MR) is 74.7 cm³/mol. The van der Waals surface area contributed by atoms with Gasteiger partial charge in [-0.2, -0.15) is 0 Å². The Balaban J connectivity index is 2.20. The van der Waals surface area contributed by atoms with Gasteiger partial charge >= 0.3 is 5.97 Å². The van der Waals surface area contributed by atoms with Gasteiger partial charge in [-0.25, -0.2) is 4.79 Å². The summed E-state index contributed by atoms with van der Waals surface area (Å²) in [7, 11) is 0. The zero-order chi connectivity index (χ0) is 13.2. The van der Waals surface area contributed by atoms with E-state index in [4.69, 9.17) is 4.74 Å². The number of hydrogen-bond donors (Lipinski definition) is 0. The van der Waals surface area contributed by atoms with E-state index in [0.29, 0.717) is 5.56 Å². The summed E-state index contributed by atoms with van der Waals surface area (Å²) in [6.07, 6.45) is 7.21. The Hall–Kier alpha value is -1.31. The van der Waals surface area contributed by atoms with Crippen molar-refractivity contribution in [3.63, 3.8) is 0 Å². The monoisotopic (exact) mass is 248 g/mol. The van der Waals surface area contributed by atoms with Crippen molar-refractivity contribution in [3.8, 4) is 0 Å². The first-order valence-electron chi connectivity index (χ1n) is 7.00. The lowest BCUT2D eigenvalue weighted by molar-refractivity contribution is 0.0319. The van der Waals surface area contributed by atoms with Gasteiger partial charge in [0.1, 0.15) is 0 Å². The number of hydrogen-bond acceptors (Lipinski definition) is 2. The van der Waals surface area contributed by atoms with Crippen LogP contribution in [0.1, 0.15) is 62.7 Å². The number of carbonyl (C=O) groups excluding carboxylic acids is 1. The second kappa shape index (κ2) is 8.73. The van der Waals surface area contributed by atoms with Gasteiger partial charge in [-0.05, 0) is 31.9 Å². The third kappa shape index (κ3) is 5.85. The lowest BCUT2D eigenvalue weighted by atomic mass is 10.1. The quantitative estimate of drug-likeness (QED) is 0.496. The summed E-state index contributed by atoms with van der Waals surface area (Å²) < 4.78 is 5.40. The van der Waals surface area contributed by atoms with Crippen LogP contribution >= 0.6 is 0 Å². The molecule has 0 radical (unpaired) electrons. The number of benzene rings is 1. The molecule has 0 unspecified atom stereocenters. The van der Waals surface area contributed by atoms with Gasteiger partial charge < -0.3 is 4.74 Å². The summed E-state index contributed by atoms with van der Waals surface area (Å²) in [6.45, 7) is 4.19. The molecule has 1 atom stereocenters. The van der Waals surface area contributed by atoms with Crippen molar-refractivity contribution >= 4 is 5.97 Å². The van der Waals surface area contributed by atoms with Crippen molar-refractivity contribution in [1.82, 2.24) is 0 Å². The molecule has 2 nitrogen and oxygen atoms in total. The van der Waals surface area contributed by atoms with E-state index < -0.39 is 0 Å². The minimum absolute atomic E-state index is 0.0133. The van der Waals surface area contributed by atoms with Crippen LogP contribution in [0.15, 0.2) is 30.3 Å². The standard InChI is InChI=1S/C16H24O2/c1-3-4-5-6-8-11-14(2)18-16(17)15-12-9-7-10-13-15/h7,9-10,12-14H,3-6,8,11H2,1-2H3/t14-/m0/s1. The zero-order valence-corrected chi connectivity index (χ0v) is 11.5. The molecule has 0 saturated heterocycles. The Bertz CT molecular complexity index is 332. The molecule has 2 heteroatoms. The predicted octanol–water partition coefficient (Wildman–Crippen LogP) is 4.59. The first kappa shape index (κ1) is 14.7. The summed E-state index contributed by atoms with van der Waals surface area (Å²) in [5, 5.41) is 0. The molecule has 0 N–H and O–H groups in total. The summed E-state index contributed by atoms with van der Waals surface area (Å²) in [4.78, 5) is 11.8. The van der Waals surface area contributed by atoms with Crippen LogP contribution < -0.4 is 0 Å². The van der Waals surface area contributed by atoms with Crippen molar-refractivity contribution in [1.29, 1.82) is 0 Å². The number of rotatable bonds is 8. The molecule has 0 spiro atoms. The fourth-order valence-corrected chi connectivity index (χ4v) is 1.92. The average Bonchev–Trinajstić information content (AvgIpc) is 2.39. The summed E-state index contributed by atoms with van der Waals surface area (Å²) in [5.41, 5.74) is 0.635. The van der Waals surface area contributed by atoms with E-state index >= 15 is 0 Å². The van der Waals surface area contributed by atoms with Gasteiger partial charge in [-0.3, -0.25) is 0 Å². The molecule has 1 aromatic carbocycles. The SMILES string of the molecule is CCCCCCC[C@H](C)OC(=O)c1ccccc1. The summed E-state index contributed by atoms with van der Waals surface area (Å²) in [5.74, 6) is -0.211. The normalized spacial score (nSPS) is 12.1. The average molecular weight is 248 g/mol. The van der Waals surface area contributed by atoms with Crippen LogP contribution in [0, 0.1) is 0 Å². The number of esters is 1. The highest BCUT2D eigenvalue weighted by Crippen LogP contribution is 2.11. The minimum Gasteiger partial charge on any atom is -0.459 e. The fraction of sp³-hybridized carbons (Fsp3) is 0.562. The molecule has 0 aliphatic rings. The minimum atomic E-state index is -0.211. The van der Waals surface area contributed by atoms with Gasteiger partial charge in [0.2, 0.25) is 0 Å². The zero-order valence-electron chi connectivity index (χ0n) is 11.5. The maximum Gasteiger partial charge on any atom is 0.338 e. The first-order chi connectivity index (χ1) is 8.74. The van der Waals surface area contributed by atoms with E-state index in [-0.39, 0.29) is 12.1 Å². The topological polar surface area (TPSA) is 26.3 Å². The van der Waals surface area contributed by atoms with Crippen LogP contribution in [-0.2, 0) is 4.74 Å². The van der Waals surface area contributed by atoms with Crippen molar-refractivity contribution in [2.45, 2.75) is 58.5 Å². The second-order valence-corrected chi connectivity index (χ2v) is 4.78. The smallest absolute Gasteiger partial charge is 0.338 e. The molecule has 0 amide bonds. The number of ether oxygens (including phenoxy) is 1. The molecule has 0 aliphatic carbocycles. The highest BCUT2D eigenvalue weighted by molar-refractivity contribution is 5.89. The van der Waals surface area contributed by atoms with Crippen LogP contribution in [0.3, 0.4) is 0 Å². The van der Waals surface area contributed by atoms with Crippen molar-refractivity contribution in [3.05, 3.63) is 35.9 Å². The van der Waals surface area contributed by atoms with Crippen molar-refractivity contribution < 1.29 is 9.53 Å². The maximum absolute atomic E-state index is 11.8. The van der Waals surface area contributed by atoms with E-state index in [1.165, 1.54) is 25.7 Å². The van der Waals surface area contributed by atoms with Gasteiger partial charge in [0, 0.05) is 0 Å². The maximum atomic E-state index is 11.8. The van der Waals surface area contributed by atoms with Crippen molar-refractivity contribution in [2.75, 3.05) is 0 Å². The third-order valence-electron chi connectivity index (χ3n) is 3.03. The molecule has 1 aromatic rings. The van der Waals surface area contributed by atoms with E-state index in [9.17, 15) is 4.79 Å².